The van der Waals surface area contributed by atoms with Crippen molar-refractivity contribution in [2.45, 2.75) is 110 Å². The number of aliphatic carboxylic acids is 1. The average Bonchev–Trinajstić information content (AvgIpc) is 3.12. The number of fused-ring (bicyclic) bond motifs is 1. The van der Waals surface area contributed by atoms with Gasteiger partial charge in [0, 0.05) is 54.1 Å². The van der Waals surface area contributed by atoms with Crippen LogP contribution in [0.5, 0.6) is 0 Å². The van der Waals surface area contributed by atoms with Crippen molar-refractivity contribution in [2.24, 2.45) is 0 Å². The van der Waals surface area contributed by atoms with Crippen LogP contribution in [-0.4, -0.2) is 69.5 Å². The number of alkyl halides is 2. The van der Waals surface area contributed by atoms with Crippen molar-refractivity contribution in [3.05, 3.63) is 94.4 Å². The Hall–Kier alpha value is -5.90. The summed E-state index contributed by atoms with van der Waals surface area (Å²) in [6, 6.07) is 13.0. The first kappa shape index (κ1) is 45.8. The SMILES string of the molecule is Cc1cc(CC(Nc2ccc3c(N(C(=O)OC(C)(C)C)C(=O)OC(C)(C)C)ncc(F)c3c2)C(=O)NCc2cc(N)ccc2[C@H](CC(F)F)C(=O)O)ccc1[C@@H](C)CO. The van der Waals surface area contributed by atoms with Crippen LogP contribution in [0.15, 0.2) is 60.8 Å². The number of ether oxygens (including phenoxy) is 2. The van der Waals surface area contributed by atoms with Crippen molar-refractivity contribution in [1.29, 1.82) is 0 Å². The van der Waals surface area contributed by atoms with E-state index in [-0.39, 0.29) is 64.6 Å². The maximum absolute atomic E-state index is 15.6. The molecule has 1 heterocycles. The van der Waals surface area contributed by atoms with Gasteiger partial charge in [-0.25, -0.2) is 27.7 Å². The van der Waals surface area contributed by atoms with Gasteiger partial charge < -0.3 is 36.1 Å². The molecule has 318 valence electrons. The summed E-state index contributed by atoms with van der Waals surface area (Å²) in [5.74, 6) is -4.81. The third kappa shape index (κ3) is 12.3. The molecule has 4 aromatic rings. The summed E-state index contributed by atoms with van der Waals surface area (Å²) in [4.78, 5) is 57.7. The van der Waals surface area contributed by atoms with Gasteiger partial charge in [0.25, 0.3) is 0 Å². The lowest BCUT2D eigenvalue weighted by Gasteiger charge is -2.28. The number of nitrogens with one attached hydrogen (secondary N) is 2. The number of anilines is 3. The van der Waals surface area contributed by atoms with Gasteiger partial charge in [0.05, 0.1) is 12.1 Å². The van der Waals surface area contributed by atoms with Crippen LogP contribution >= 0.6 is 0 Å². The normalized spacial score (nSPS) is 13.4. The van der Waals surface area contributed by atoms with E-state index in [2.05, 4.69) is 15.6 Å². The molecule has 4 rings (SSSR count). The zero-order valence-electron chi connectivity index (χ0n) is 34.4. The van der Waals surface area contributed by atoms with Crippen molar-refractivity contribution in [2.75, 3.05) is 22.6 Å². The number of carbonyl (C=O) groups is 4. The topological polar surface area (TPSA) is 193 Å². The lowest BCUT2D eigenvalue weighted by atomic mass is 9.91. The minimum atomic E-state index is -2.91. The number of rotatable bonds is 14. The molecule has 0 bridgehead atoms. The van der Waals surface area contributed by atoms with Crippen molar-refractivity contribution < 1.29 is 52.0 Å². The van der Waals surface area contributed by atoms with E-state index in [1.165, 1.54) is 36.4 Å². The first-order valence-corrected chi connectivity index (χ1v) is 19.0. The molecule has 1 unspecified atom stereocenters. The van der Waals surface area contributed by atoms with Crippen molar-refractivity contribution >= 4 is 52.0 Å². The number of imide groups is 1. The second-order valence-electron chi connectivity index (χ2n) is 16.4. The molecule has 6 N–H and O–H groups in total. The molecule has 0 saturated carbocycles. The molecule has 1 aromatic heterocycles. The minimum Gasteiger partial charge on any atom is -0.481 e. The highest BCUT2D eigenvalue weighted by Gasteiger charge is 2.35. The maximum atomic E-state index is 15.6. The molecule has 0 aliphatic rings. The molecule has 16 heteroatoms. The Kier molecular flexibility index (Phi) is 14.6. The Morgan fingerprint density at radius 2 is 1.53 bits per heavy atom. The summed E-state index contributed by atoms with van der Waals surface area (Å²) < 4.78 is 53.4. The molecule has 3 amide bonds. The standard InChI is InChI=1S/C43H52F3N5O8/c1-23-15-25(9-12-29(23)24(2)22-52)16-35(38(53)49-20-26-17-27(47)10-13-30(26)33(39(54)55)19-36(45)46)50-28-11-14-31-32(18-28)34(44)21-48-37(31)51(40(56)58-42(3,4)5)41(57)59-43(6,7)8/h9-15,17-18,21,24,33,35-36,50,52H,16,19-20,22,47H2,1-8H3,(H,49,53)(H,54,55)/t24-,33-,35?/m0/s1. The van der Waals surface area contributed by atoms with Gasteiger partial charge >= 0.3 is 18.2 Å². The molecule has 0 spiro atoms. The first-order chi connectivity index (χ1) is 27.5. The number of hydrogen-bond acceptors (Lipinski definition) is 10. The third-order valence-corrected chi connectivity index (χ3v) is 9.13. The fourth-order valence-electron chi connectivity index (χ4n) is 6.45. The van der Waals surface area contributed by atoms with Crippen LogP contribution in [0.3, 0.4) is 0 Å². The molecular formula is C43H52F3N5O8. The number of aliphatic hydroxyl groups is 1. The second kappa shape index (κ2) is 18.8. The largest absolute Gasteiger partial charge is 0.481 e. The Labute approximate surface area is 341 Å². The van der Waals surface area contributed by atoms with Crippen LogP contribution in [-0.2, 0) is 32.0 Å². The molecule has 0 aliphatic heterocycles. The highest BCUT2D eigenvalue weighted by atomic mass is 19.3. The van der Waals surface area contributed by atoms with Gasteiger partial charge in [0.15, 0.2) is 5.82 Å². The van der Waals surface area contributed by atoms with Gasteiger partial charge in [-0.15, -0.1) is 0 Å². The van der Waals surface area contributed by atoms with Crippen LogP contribution in [0, 0.1) is 12.7 Å². The van der Waals surface area contributed by atoms with Crippen LogP contribution in [0.25, 0.3) is 10.8 Å². The highest BCUT2D eigenvalue weighted by Crippen LogP contribution is 2.33. The summed E-state index contributed by atoms with van der Waals surface area (Å²) >= 11 is 0. The summed E-state index contributed by atoms with van der Waals surface area (Å²) in [6.07, 6.45) is -5.14. The second-order valence-corrected chi connectivity index (χ2v) is 16.4. The number of amides is 3. The zero-order chi connectivity index (χ0) is 44.0. The number of carboxylic acid groups (broad SMARTS) is 1. The predicted molar refractivity (Wildman–Crippen MR) is 218 cm³/mol. The van der Waals surface area contributed by atoms with Gasteiger partial charge in [-0.1, -0.05) is 31.2 Å². The number of carbonyl (C=O) groups excluding carboxylic acids is 3. The third-order valence-electron chi connectivity index (χ3n) is 9.13. The molecule has 13 nitrogen and oxygen atoms in total. The summed E-state index contributed by atoms with van der Waals surface area (Å²) in [5, 5.41) is 25.4. The van der Waals surface area contributed by atoms with Crippen molar-refractivity contribution in [1.82, 2.24) is 10.3 Å². The number of benzene rings is 3. The number of hydrogen-bond donors (Lipinski definition) is 5. The van der Waals surface area contributed by atoms with Crippen LogP contribution in [0.4, 0.5) is 40.0 Å². The maximum Gasteiger partial charge on any atom is 0.425 e. The summed E-state index contributed by atoms with van der Waals surface area (Å²) in [5.41, 5.74) is 7.24. The zero-order valence-corrected chi connectivity index (χ0v) is 34.4. The first-order valence-electron chi connectivity index (χ1n) is 19.0. The van der Waals surface area contributed by atoms with E-state index < -0.39 is 65.9 Å². The number of aromatic nitrogens is 1. The molecule has 3 aromatic carbocycles. The van der Waals surface area contributed by atoms with Crippen LogP contribution in [0.1, 0.15) is 94.5 Å². The Morgan fingerprint density at radius 1 is 0.898 bits per heavy atom. The van der Waals surface area contributed by atoms with Gasteiger partial charge in [-0.05, 0) is 107 Å². The molecule has 0 saturated heterocycles. The van der Waals surface area contributed by atoms with Gasteiger partial charge in [-0.2, -0.15) is 4.90 Å². The van der Waals surface area contributed by atoms with Gasteiger partial charge in [0.1, 0.15) is 23.1 Å². The summed E-state index contributed by atoms with van der Waals surface area (Å²) in [6.45, 7) is 13.1. The highest BCUT2D eigenvalue weighted by molar-refractivity contribution is 6.14. The predicted octanol–water partition coefficient (Wildman–Crippen LogP) is 8.20. The minimum absolute atomic E-state index is 0.0449. The van der Waals surface area contributed by atoms with E-state index in [9.17, 15) is 38.2 Å². The van der Waals surface area contributed by atoms with Crippen molar-refractivity contribution in [3.8, 4) is 0 Å². The number of carboxylic acids is 1. The van der Waals surface area contributed by atoms with Crippen molar-refractivity contribution in [3.63, 3.8) is 0 Å². The van der Waals surface area contributed by atoms with E-state index in [1.54, 1.807) is 41.5 Å². The molecule has 0 radical (unpaired) electrons. The molecule has 3 atom stereocenters. The number of nitrogens with zero attached hydrogens (tertiary/aromatic N) is 2. The quantitative estimate of drug-likeness (QED) is 0.0770. The van der Waals surface area contributed by atoms with E-state index in [0.29, 0.717) is 4.90 Å². The number of nitrogen functional groups attached to an aromatic ring is 1. The Balaban J connectivity index is 1.76. The fraction of sp³-hybridized carbons (Fsp3) is 0.419. The molecule has 0 aliphatic carbocycles. The van der Waals surface area contributed by atoms with Crippen LogP contribution < -0.4 is 21.3 Å². The molecule has 0 fully saturated rings. The van der Waals surface area contributed by atoms with Gasteiger partial charge in [-0.3, -0.25) is 9.59 Å². The fourth-order valence-corrected chi connectivity index (χ4v) is 6.45. The monoisotopic (exact) mass is 823 g/mol. The number of halogens is 3. The lowest BCUT2D eigenvalue weighted by Crippen LogP contribution is -2.44. The smallest absolute Gasteiger partial charge is 0.425 e. The number of aryl methyl sites for hydroxylation is 1. The number of nitrogens with two attached hydrogens (primary N) is 1. The number of aliphatic hydroxyl groups excluding tert-OH is 1. The molecular weight excluding hydrogens is 771 g/mol. The van der Waals surface area contributed by atoms with Gasteiger partial charge in [0.2, 0.25) is 12.3 Å². The summed E-state index contributed by atoms with van der Waals surface area (Å²) in [7, 11) is 0. The Morgan fingerprint density at radius 3 is 2.08 bits per heavy atom. The average molecular weight is 824 g/mol. The Bertz CT molecular complexity index is 2160. The molecule has 59 heavy (non-hydrogen) atoms. The van der Waals surface area contributed by atoms with E-state index in [4.69, 9.17) is 15.2 Å². The van der Waals surface area contributed by atoms with E-state index >= 15 is 4.39 Å². The number of pyridine rings is 1. The lowest BCUT2D eigenvalue weighted by molar-refractivity contribution is -0.139. The van der Waals surface area contributed by atoms with E-state index in [0.717, 1.165) is 22.9 Å². The van der Waals surface area contributed by atoms with E-state index in [1.807, 2.05) is 32.0 Å². The van der Waals surface area contributed by atoms with Crippen LogP contribution in [0.2, 0.25) is 0 Å².